The van der Waals surface area contributed by atoms with Crippen LogP contribution in [0.25, 0.3) is 10.8 Å². The average molecular weight is 215 g/mol. The zero-order valence-electron chi connectivity index (χ0n) is 8.85. The lowest BCUT2D eigenvalue weighted by atomic mass is 10.1. The SMILES string of the molecule is NC[C@@H]1COc2c(ccc3ccccc23)O1. The summed E-state index contributed by atoms with van der Waals surface area (Å²) in [4.78, 5) is 0. The molecule has 3 rings (SSSR count). The Bertz CT molecular complexity index is 524. The van der Waals surface area contributed by atoms with Crippen LogP contribution in [0.4, 0.5) is 0 Å². The standard InChI is InChI=1S/C13H13NO2/c14-7-10-8-15-13-11-4-2-1-3-9(11)5-6-12(13)16-10/h1-6,10H,7-8,14H2/t10-/m1/s1. The van der Waals surface area contributed by atoms with Gasteiger partial charge < -0.3 is 15.2 Å². The van der Waals surface area contributed by atoms with Gasteiger partial charge >= 0.3 is 0 Å². The topological polar surface area (TPSA) is 44.5 Å². The van der Waals surface area contributed by atoms with Crippen molar-refractivity contribution in [1.29, 1.82) is 0 Å². The Morgan fingerprint density at radius 2 is 2.06 bits per heavy atom. The number of rotatable bonds is 1. The zero-order valence-corrected chi connectivity index (χ0v) is 8.85. The van der Waals surface area contributed by atoms with Crippen LogP contribution >= 0.6 is 0 Å². The van der Waals surface area contributed by atoms with Crippen molar-refractivity contribution in [3.63, 3.8) is 0 Å². The molecule has 0 bridgehead atoms. The van der Waals surface area contributed by atoms with E-state index >= 15 is 0 Å². The van der Waals surface area contributed by atoms with Gasteiger partial charge in [0.15, 0.2) is 11.5 Å². The minimum atomic E-state index is -0.0336. The van der Waals surface area contributed by atoms with E-state index in [1.54, 1.807) is 0 Å². The van der Waals surface area contributed by atoms with E-state index in [1.807, 2.05) is 30.3 Å². The molecule has 3 heteroatoms. The lowest BCUT2D eigenvalue weighted by molar-refractivity contribution is 0.0986. The van der Waals surface area contributed by atoms with Crippen molar-refractivity contribution in [2.24, 2.45) is 5.73 Å². The summed E-state index contributed by atoms with van der Waals surface area (Å²) in [6, 6.07) is 12.1. The van der Waals surface area contributed by atoms with E-state index in [1.165, 1.54) is 0 Å². The van der Waals surface area contributed by atoms with Crippen molar-refractivity contribution in [3.05, 3.63) is 36.4 Å². The first kappa shape index (κ1) is 9.48. The van der Waals surface area contributed by atoms with E-state index in [2.05, 4.69) is 6.07 Å². The van der Waals surface area contributed by atoms with Gasteiger partial charge in [-0.2, -0.15) is 0 Å². The Hall–Kier alpha value is -1.74. The van der Waals surface area contributed by atoms with E-state index in [4.69, 9.17) is 15.2 Å². The average Bonchev–Trinajstić information content (AvgIpc) is 2.38. The fourth-order valence-electron chi connectivity index (χ4n) is 1.97. The van der Waals surface area contributed by atoms with Gasteiger partial charge in [-0.25, -0.2) is 0 Å². The molecule has 0 spiro atoms. The van der Waals surface area contributed by atoms with Crippen LogP contribution < -0.4 is 15.2 Å². The third kappa shape index (κ3) is 1.41. The third-order valence-corrected chi connectivity index (χ3v) is 2.81. The lowest BCUT2D eigenvalue weighted by Crippen LogP contribution is -2.35. The number of ether oxygens (including phenoxy) is 2. The Kier molecular flexibility index (Phi) is 2.18. The van der Waals surface area contributed by atoms with Crippen molar-refractivity contribution < 1.29 is 9.47 Å². The molecule has 1 aliphatic heterocycles. The van der Waals surface area contributed by atoms with E-state index in [0.717, 1.165) is 22.3 Å². The van der Waals surface area contributed by atoms with Gasteiger partial charge in [0.25, 0.3) is 0 Å². The summed E-state index contributed by atoms with van der Waals surface area (Å²) < 4.78 is 11.5. The minimum Gasteiger partial charge on any atom is -0.485 e. The highest BCUT2D eigenvalue weighted by atomic mass is 16.6. The van der Waals surface area contributed by atoms with Gasteiger partial charge in [-0.1, -0.05) is 30.3 Å². The molecule has 0 radical (unpaired) electrons. The highest BCUT2D eigenvalue weighted by Crippen LogP contribution is 2.38. The van der Waals surface area contributed by atoms with E-state index < -0.39 is 0 Å². The van der Waals surface area contributed by atoms with Crippen LogP contribution in [0, 0.1) is 0 Å². The Morgan fingerprint density at radius 1 is 1.19 bits per heavy atom. The molecule has 0 unspecified atom stereocenters. The molecular weight excluding hydrogens is 202 g/mol. The summed E-state index contributed by atoms with van der Waals surface area (Å²) >= 11 is 0. The molecule has 0 saturated carbocycles. The molecule has 3 nitrogen and oxygen atoms in total. The highest BCUT2D eigenvalue weighted by molar-refractivity contribution is 5.90. The molecule has 0 aromatic heterocycles. The first-order valence-corrected chi connectivity index (χ1v) is 5.40. The van der Waals surface area contributed by atoms with Crippen LogP contribution in [0.3, 0.4) is 0 Å². The molecule has 1 aliphatic rings. The summed E-state index contributed by atoms with van der Waals surface area (Å²) in [7, 11) is 0. The fourth-order valence-corrected chi connectivity index (χ4v) is 1.97. The number of fused-ring (bicyclic) bond motifs is 3. The summed E-state index contributed by atoms with van der Waals surface area (Å²) in [5.41, 5.74) is 5.57. The number of benzene rings is 2. The predicted octanol–water partition coefficient (Wildman–Crippen LogP) is 1.94. The first-order valence-electron chi connectivity index (χ1n) is 5.40. The molecule has 82 valence electrons. The molecule has 1 heterocycles. The monoisotopic (exact) mass is 215 g/mol. The van der Waals surface area contributed by atoms with E-state index in [9.17, 15) is 0 Å². The van der Waals surface area contributed by atoms with Gasteiger partial charge in [0.2, 0.25) is 0 Å². The summed E-state index contributed by atoms with van der Waals surface area (Å²) in [6.07, 6.45) is -0.0336. The molecule has 1 atom stereocenters. The lowest BCUT2D eigenvalue weighted by Gasteiger charge is -2.26. The first-order chi connectivity index (χ1) is 7.88. The van der Waals surface area contributed by atoms with Gasteiger partial charge in [-0.05, 0) is 11.5 Å². The van der Waals surface area contributed by atoms with Crippen molar-refractivity contribution in [1.82, 2.24) is 0 Å². The van der Waals surface area contributed by atoms with Gasteiger partial charge in [0, 0.05) is 11.9 Å². The molecule has 2 N–H and O–H groups in total. The quantitative estimate of drug-likeness (QED) is 0.790. The Labute approximate surface area is 93.8 Å². The van der Waals surface area contributed by atoms with Gasteiger partial charge in [-0.15, -0.1) is 0 Å². The maximum atomic E-state index is 5.74. The largest absolute Gasteiger partial charge is 0.485 e. The van der Waals surface area contributed by atoms with Crippen LogP contribution in [0.5, 0.6) is 11.5 Å². The van der Waals surface area contributed by atoms with Crippen LogP contribution in [0.2, 0.25) is 0 Å². The third-order valence-electron chi connectivity index (χ3n) is 2.81. The smallest absolute Gasteiger partial charge is 0.169 e. The Morgan fingerprint density at radius 3 is 2.94 bits per heavy atom. The predicted molar refractivity (Wildman–Crippen MR) is 62.9 cm³/mol. The maximum absolute atomic E-state index is 5.74. The van der Waals surface area contributed by atoms with Crippen molar-refractivity contribution in [2.75, 3.05) is 13.2 Å². The van der Waals surface area contributed by atoms with Gasteiger partial charge in [0.05, 0.1) is 0 Å². The van der Waals surface area contributed by atoms with Crippen LogP contribution in [0.15, 0.2) is 36.4 Å². The van der Waals surface area contributed by atoms with Crippen LogP contribution in [-0.4, -0.2) is 19.3 Å². The zero-order chi connectivity index (χ0) is 11.0. The second-order valence-electron chi connectivity index (χ2n) is 3.90. The molecular formula is C13H13NO2. The molecule has 0 amide bonds. The Balaban J connectivity index is 2.14. The fraction of sp³-hybridized carbons (Fsp3) is 0.231. The minimum absolute atomic E-state index is 0.0336. The normalized spacial score (nSPS) is 18.7. The molecule has 0 fully saturated rings. The highest BCUT2D eigenvalue weighted by Gasteiger charge is 2.21. The van der Waals surface area contributed by atoms with Crippen LogP contribution in [-0.2, 0) is 0 Å². The van der Waals surface area contributed by atoms with Crippen LogP contribution in [0.1, 0.15) is 0 Å². The summed E-state index contributed by atoms with van der Waals surface area (Å²) in [5.74, 6) is 1.63. The number of hydrogen-bond donors (Lipinski definition) is 1. The molecule has 0 saturated heterocycles. The molecule has 2 aromatic carbocycles. The summed E-state index contributed by atoms with van der Waals surface area (Å²) in [6.45, 7) is 1.00. The van der Waals surface area contributed by atoms with Crippen molar-refractivity contribution in [3.8, 4) is 11.5 Å². The number of hydrogen-bond acceptors (Lipinski definition) is 3. The van der Waals surface area contributed by atoms with Crippen molar-refractivity contribution >= 4 is 10.8 Å². The maximum Gasteiger partial charge on any atom is 0.169 e. The molecule has 0 aliphatic carbocycles. The number of nitrogens with two attached hydrogens (primary N) is 1. The summed E-state index contributed by atoms with van der Waals surface area (Å²) in [5, 5.41) is 2.26. The van der Waals surface area contributed by atoms with Gasteiger partial charge in [-0.3, -0.25) is 0 Å². The van der Waals surface area contributed by atoms with E-state index in [-0.39, 0.29) is 6.10 Å². The molecule has 2 aromatic rings. The van der Waals surface area contributed by atoms with Crippen molar-refractivity contribution in [2.45, 2.75) is 6.10 Å². The van der Waals surface area contributed by atoms with E-state index in [0.29, 0.717) is 13.2 Å². The van der Waals surface area contributed by atoms with Gasteiger partial charge in [0.1, 0.15) is 12.7 Å². The second-order valence-corrected chi connectivity index (χ2v) is 3.90. The second kappa shape index (κ2) is 3.68. The molecule has 16 heavy (non-hydrogen) atoms.